The molecule has 4 nitrogen and oxygen atoms in total. The van der Waals surface area contributed by atoms with E-state index in [9.17, 15) is 4.79 Å². The van der Waals surface area contributed by atoms with Gasteiger partial charge >= 0.3 is 0 Å². The summed E-state index contributed by atoms with van der Waals surface area (Å²) in [6.07, 6.45) is 2.11. The summed E-state index contributed by atoms with van der Waals surface area (Å²) in [5.74, 6) is 0.547. The van der Waals surface area contributed by atoms with Gasteiger partial charge < -0.3 is 15.5 Å². The molecule has 0 fully saturated rings. The number of benzene rings is 1. The lowest BCUT2D eigenvalue weighted by molar-refractivity contribution is -0.122. The molecule has 3 N–H and O–H groups in total. The van der Waals surface area contributed by atoms with E-state index in [0.717, 1.165) is 11.3 Å². The number of amides is 1. The fourth-order valence-electron chi connectivity index (χ4n) is 1.68. The zero-order valence-corrected chi connectivity index (χ0v) is 11.2. The monoisotopic (exact) mass is 280 g/mol. The molecular weight excluding hydrogens is 264 g/mol. The average molecular weight is 281 g/mol. The van der Waals surface area contributed by atoms with Crippen LogP contribution in [0.25, 0.3) is 0 Å². The van der Waals surface area contributed by atoms with Crippen molar-refractivity contribution in [1.82, 2.24) is 5.32 Å². The lowest BCUT2D eigenvalue weighted by atomic mass is 10.1. The van der Waals surface area contributed by atoms with Crippen molar-refractivity contribution < 1.29 is 9.21 Å². The minimum Gasteiger partial charge on any atom is -0.467 e. The Bertz CT molecular complexity index is 485. The van der Waals surface area contributed by atoms with Crippen molar-refractivity contribution in [2.24, 2.45) is 5.73 Å². The molecule has 0 saturated carbocycles. The summed E-state index contributed by atoms with van der Waals surface area (Å²) in [6, 6.07) is 12.8. The van der Waals surface area contributed by atoms with Crippen molar-refractivity contribution in [3.63, 3.8) is 0 Å². The molecule has 1 amide bonds. The van der Waals surface area contributed by atoms with Gasteiger partial charge in [0.15, 0.2) is 0 Å². The van der Waals surface area contributed by atoms with Crippen LogP contribution >= 0.6 is 12.4 Å². The van der Waals surface area contributed by atoms with E-state index in [0.29, 0.717) is 13.0 Å². The standard InChI is InChI=1S/C14H16N2O2.ClH/c15-13(9-11-5-2-1-3-6-11)14(17)16-10-12-7-4-8-18-12;/h1-8,13H,9-10,15H2,(H,16,17);1H. The lowest BCUT2D eigenvalue weighted by Crippen LogP contribution is -2.41. The summed E-state index contributed by atoms with van der Waals surface area (Å²) < 4.78 is 5.13. The summed E-state index contributed by atoms with van der Waals surface area (Å²) in [6.45, 7) is 0.369. The Morgan fingerprint density at radius 1 is 1.21 bits per heavy atom. The molecular formula is C14H17ClN2O2. The maximum atomic E-state index is 11.8. The molecule has 0 radical (unpaired) electrons. The van der Waals surface area contributed by atoms with Gasteiger partial charge in [-0.2, -0.15) is 0 Å². The van der Waals surface area contributed by atoms with Crippen molar-refractivity contribution in [2.75, 3.05) is 0 Å². The second-order valence-electron chi connectivity index (χ2n) is 4.09. The minimum atomic E-state index is -0.539. The molecule has 19 heavy (non-hydrogen) atoms. The van der Waals surface area contributed by atoms with Crippen LogP contribution in [0.15, 0.2) is 53.1 Å². The number of nitrogens with two attached hydrogens (primary N) is 1. The number of halogens is 1. The largest absolute Gasteiger partial charge is 0.467 e. The topological polar surface area (TPSA) is 68.3 Å². The second-order valence-corrected chi connectivity index (χ2v) is 4.09. The van der Waals surface area contributed by atoms with Crippen LogP contribution < -0.4 is 11.1 Å². The van der Waals surface area contributed by atoms with Gasteiger partial charge in [-0.1, -0.05) is 30.3 Å². The minimum absolute atomic E-state index is 0. The first-order valence-electron chi connectivity index (χ1n) is 5.85. The van der Waals surface area contributed by atoms with Gasteiger partial charge in [-0.15, -0.1) is 12.4 Å². The van der Waals surface area contributed by atoms with Gasteiger partial charge in [0.05, 0.1) is 18.8 Å². The smallest absolute Gasteiger partial charge is 0.237 e. The zero-order chi connectivity index (χ0) is 12.8. The molecule has 1 unspecified atom stereocenters. The summed E-state index contributed by atoms with van der Waals surface area (Å²) in [5, 5.41) is 2.75. The molecule has 1 aromatic carbocycles. The number of rotatable bonds is 5. The maximum Gasteiger partial charge on any atom is 0.237 e. The molecule has 102 valence electrons. The van der Waals surface area contributed by atoms with Crippen LogP contribution in [0.4, 0.5) is 0 Å². The molecule has 1 aromatic heterocycles. The zero-order valence-electron chi connectivity index (χ0n) is 10.4. The van der Waals surface area contributed by atoms with Crippen LogP contribution in [0.3, 0.4) is 0 Å². The van der Waals surface area contributed by atoms with Crippen molar-refractivity contribution in [1.29, 1.82) is 0 Å². The molecule has 0 spiro atoms. The Morgan fingerprint density at radius 3 is 2.58 bits per heavy atom. The first-order chi connectivity index (χ1) is 8.75. The third-order valence-electron chi connectivity index (χ3n) is 2.65. The number of hydrogen-bond donors (Lipinski definition) is 2. The first kappa shape index (κ1) is 15.3. The summed E-state index contributed by atoms with van der Waals surface area (Å²) in [4.78, 5) is 11.8. The molecule has 0 saturated heterocycles. The first-order valence-corrected chi connectivity index (χ1v) is 5.85. The highest BCUT2D eigenvalue weighted by atomic mass is 35.5. The van der Waals surface area contributed by atoms with Crippen molar-refractivity contribution in [3.05, 3.63) is 60.1 Å². The van der Waals surface area contributed by atoms with E-state index in [1.807, 2.05) is 36.4 Å². The van der Waals surface area contributed by atoms with Gasteiger partial charge in [0.1, 0.15) is 5.76 Å². The van der Waals surface area contributed by atoms with Crippen LogP contribution in [-0.4, -0.2) is 11.9 Å². The predicted molar refractivity (Wildman–Crippen MR) is 75.9 cm³/mol. The molecule has 5 heteroatoms. The maximum absolute atomic E-state index is 11.8. The number of hydrogen-bond acceptors (Lipinski definition) is 3. The average Bonchev–Trinajstić information content (AvgIpc) is 2.90. The highest BCUT2D eigenvalue weighted by Gasteiger charge is 2.13. The molecule has 0 aliphatic rings. The third-order valence-corrected chi connectivity index (χ3v) is 2.65. The summed E-state index contributed by atoms with van der Waals surface area (Å²) in [5.41, 5.74) is 6.90. The van der Waals surface area contributed by atoms with E-state index in [1.54, 1.807) is 12.3 Å². The normalized spacial score (nSPS) is 11.4. The Morgan fingerprint density at radius 2 is 1.95 bits per heavy atom. The Balaban J connectivity index is 0.00000180. The molecule has 1 heterocycles. The van der Waals surface area contributed by atoms with E-state index in [2.05, 4.69) is 5.32 Å². The number of furan rings is 1. The quantitative estimate of drug-likeness (QED) is 0.879. The van der Waals surface area contributed by atoms with Crippen LogP contribution in [0.2, 0.25) is 0 Å². The molecule has 0 aliphatic carbocycles. The van der Waals surface area contributed by atoms with Gasteiger partial charge in [0.25, 0.3) is 0 Å². The second kappa shape index (κ2) is 7.61. The van der Waals surface area contributed by atoms with E-state index < -0.39 is 6.04 Å². The van der Waals surface area contributed by atoms with Crippen LogP contribution in [0, 0.1) is 0 Å². The number of nitrogens with one attached hydrogen (secondary N) is 1. The SMILES string of the molecule is Cl.NC(Cc1ccccc1)C(=O)NCc1ccco1. The number of carbonyl (C=O) groups excluding carboxylic acids is 1. The summed E-state index contributed by atoms with van der Waals surface area (Å²) >= 11 is 0. The van der Waals surface area contributed by atoms with Gasteiger partial charge in [-0.25, -0.2) is 0 Å². The van der Waals surface area contributed by atoms with E-state index in [4.69, 9.17) is 10.2 Å². The highest BCUT2D eigenvalue weighted by molar-refractivity contribution is 5.85. The Kier molecular flexibility index (Phi) is 6.12. The van der Waals surface area contributed by atoms with Crippen LogP contribution in [0.1, 0.15) is 11.3 Å². The fourth-order valence-corrected chi connectivity index (χ4v) is 1.68. The van der Waals surface area contributed by atoms with E-state index >= 15 is 0 Å². The highest BCUT2D eigenvalue weighted by Crippen LogP contribution is 2.03. The molecule has 2 aromatic rings. The Labute approximate surface area is 118 Å². The van der Waals surface area contributed by atoms with E-state index in [1.165, 1.54) is 0 Å². The van der Waals surface area contributed by atoms with E-state index in [-0.39, 0.29) is 18.3 Å². The number of carbonyl (C=O) groups is 1. The predicted octanol–water partition coefficient (Wildman–Crippen LogP) is 1.89. The molecule has 0 bridgehead atoms. The van der Waals surface area contributed by atoms with Crippen molar-refractivity contribution >= 4 is 18.3 Å². The summed E-state index contributed by atoms with van der Waals surface area (Å²) in [7, 11) is 0. The van der Waals surface area contributed by atoms with Gasteiger partial charge in [-0.05, 0) is 24.1 Å². The van der Waals surface area contributed by atoms with Gasteiger partial charge in [-0.3, -0.25) is 4.79 Å². The van der Waals surface area contributed by atoms with Gasteiger partial charge in [0.2, 0.25) is 5.91 Å². The van der Waals surface area contributed by atoms with Crippen molar-refractivity contribution in [2.45, 2.75) is 19.0 Å². The third kappa shape index (κ3) is 4.77. The fraction of sp³-hybridized carbons (Fsp3) is 0.214. The van der Waals surface area contributed by atoms with Crippen molar-refractivity contribution in [3.8, 4) is 0 Å². The van der Waals surface area contributed by atoms with Crippen LogP contribution in [-0.2, 0) is 17.8 Å². The van der Waals surface area contributed by atoms with Crippen LogP contribution in [0.5, 0.6) is 0 Å². The van der Waals surface area contributed by atoms with Gasteiger partial charge in [0, 0.05) is 0 Å². The molecule has 0 aliphatic heterocycles. The molecule has 1 atom stereocenters. The Hall–Kier alpha value is -1.78. The lowest BCUT2D eigenvalue weighted by Gasteiger charge is -2.11. The molecule has 2 rings (SSSR count).